The summed E-state index contributed by atoms with van der Waals surface area (Å²) in [6.07, 6.45) is 1.41. The molecule has 0 spiro atoms. The summed E-state index contributed by atoms with van der Waals surface area (Å²) in [5, 5.41) is 6.24. The van der Waals surface area contributed by atoms with E-state index in [1.165, 1.54) is 25.5 Å². The summed E-state index contributed by atoms with van der Waals surface area (Å²) >= 11 is 0. The number of amides is 1. The van der Waals surface area contributed by atoms with Crippen molar-refractivity contribution in [3.05, 3.63) is 47.6 Å². The van der Waals surface area contributed by atoms with Crippen molar-refractivity contribution < 1.29 is 18.4 Å². The van der Waals surface area contributed by atoms with Crippen LogP contribution in [0.15, 0.2) is 35.1 Å². The minimum Gasteiger partial charge on any atom is -0.494 e. The molecule has 1 heterocycles. The van der Waals surface area contributed by atoms with Crippen molar-refractivity contribution in [3.63, 3.8) is 0 Å². The highest BCUT2D eigenvalue weighted by atomic mass is 19.1. The van der Waals surface area contributed by atoms with Gasteiger partial charge in [-0.1, -0.05) is 5.16 Å². The second-order valence-electron chi connectivity index (χ2n) is 3.52. The number of benzene rings is 1. The van der Waals surface area contributed by atoms with Crippen LogP contribution in [-0.4, -0.2) is 18.2 Å². The summed E-state index contributed by atoms with van der Waals surface area (Å²) in [4.78, 5) is 11.7. The zero-order valence-electron chi connectivity index (χ0n) is 9.64. The largest absolute Gasteiger partial charge is 0.494 e. The lowest BCUT2D eigenvalue weighted by Gasteiger charge is -2.05. The summed E-state index contributed by atoms with van der Waals surface area (Å²) in [7, 11) is 1.36. The molecule has 0 saturated heterocycles. The van der Waals surface area contributed by atoms with Crippen LogP contribution in [0, 0.1) is 5.82 Å². The lowest BCUT2D eigenvalue weighted by Crippen LogP contribution is -2.23. The normalized spacial score (nSPS) is 10.1. The molecule has 1 aromatic carbocycles. The van der Waals surface area contributed by atoms with Gasteiger partial charge in [0.15, 0.2) is 11.6 Å². The molecule has 0 aliphatic rings. The predicted molar refractivity (Wildman–Crippen MR) is 60.6 cm³/mol. The summed E-state index contributed by atoms with van der Waals surface area (Å²) in [5.41, 5.74) is 0.814. The average molecular weight is 250 g/mol. The quantitative estimate of drug-likeness (QED) is 0.897. The number of carbonyl (C=O) groups is 1. The monoisotopic (exact) mass is 250 g/mol. The molecular formula is C12H11FN2O3. The first-order valence-electron chi connectivity index (χ1n) is 5.21. The molecule has 1 aromatic heterocycles. The zero-order chi connectivity index (χ0) is 13.0. The van der Waals surface area contributed by atoms with Gasteiger partial charge in [-0.25, -0.2) is 4.39 Å². The minimum atomic E-state index is -0.577. The Kier molecular flexibility index (Phi) is 3.57. The van der Waals surface area contributed by atoms with E-state index in [0.717, 1.165) is 6.07 Å². The molecule has 0 bridgehead atoms. The van der Waals surface area contributed by atoms with Crippen LogP contribution in [0.5, 0.6) is 5.75 Å². The molecule has 2 aromatic rings. The molecule has 5 nitrogen and oxygen atoms in total. The third-order valence-electron chi connectivity index (χ3n) is 2.34. The molecule has 0 unspecified atom stereocenters. The van der Waals surface area contributed by atoms with Crippen molar-refractivity contribution in [3.8, 4) is 5.75 Å². The van der Waals surface area contributed by atoms with Crippen molar-refractivity contribution in [2.75, 3.05) is 7.11 Å². The maximum Gasteiger partial charge on any atom is 0.251 e. The first-order valence-corrected chi connectivity index (χ1v) is 5.21. The van der Waals surface area contributed by atoms with Gasteiger partial charge < -0.3 is 14.6 Å². The van der Waals surface area contributed by atoms with Gasteiger partial charge in [-0.15, -0.1) is 0 Å². The van der Waals surface area contributed by atoms with E-state index in [4.69, 9.17) is 4.74 Å². The SMILES string of the molecule is COc1ccc(C(=O)NCc2ccon2)cc1F. The van der Waals surface area contributed by atoms with E-state index in [1.807, 2.05) is 0 Å². The van der Waals surface area contributed by atoms with Crippen LogP contribution in [0.3, 0.4) is 0 Å². The van der Waals surface area contributed by atoms with E-state index < -0.39 is 5.82 Å². The first kappa shape index (κ1) is 12.1. The fraction of sp³-hybridized carbons (Fsp3) is 0.167. The number of nitrogens with one attached hydrogen (secondary N) is 1. The third-order valence-corrected chi connectivity index (χ3v) is 2.34. The van der Waals surface area contributed by atoms with Crippen molar-refractivity contribution in [1.82, 2.24) is 10.5 Å². The Morgan fingerprint density at radius 3 is 2.94 bits per heavy atom. The minimum absolute atomic E-state index is 0.100. The van der Waals surface area contributed by atoms with Gasteiger partial charge in [-0.05, 0) is 18.2 Å². The van der Waals surface area contributed by atoms with E-state index in [-0.39, 0.29) is 23.8 Å². The highest BCUT2D eigenvalue weighted by molar-refractivity contribution is 5.94. The van der Waals surface area contributed by atoms with Gasteiger partial charge in [0.25, 0.3) is 5.91 Å². The fourth-order valence-electron chi connectivity index (χ4n) is 1.41. The van der Waals surface area contributed by atoms with Crippen molar-refractivity contribution in [2.45, 2.75) is 6.54 Å². The number of carbonyl (C=O) groups excluding carboxylic acids is 1. The Morgan fingerprint density at radius 1 is 1.50 bits per heavy atom. The van der Waals surface area contributed by atoms with Crippen LogP contribution >= 0.6 is 0 Å². The Bertz CT molecular complexity index is 540. The number of methoxy groups -OCH3 is 1. The van der Waals surface area contributed by atoms with E-state index in [1.54, 1.807) is 6.07 Å². The number of aromatic nitrogens is 1. The smallest absolute Gasteiger partial charge is 0.251 e. The highest BCUT2D eigenvalue weighted by Crippen LogP contribution is 2.17. The maximum atomic E-state index is 13.4. The summed E-state index contributed by atoms with van der Waals surface area (Å²) in [6, 6.07) is 5.65. The molecular weight excluding hydrogens is 239 g/mol. The first-order chi connectivity index (χ1) is 8.70. The van der Waals surface area contributed by atoms with E-state index in [0.29, 0.717) is 5.69 Å². The average Bonchev–Trinajstić information content (AvgIpc) is 2.89. The molecule has 0 fully saturated rings. The number of ether oxygens (including phenoxy) is 1. The Hall–Kier alpha value is -2.37. The topological polar surface area (TPSA) is 64.4 Å². The lowest BCUT2D eigenvalue weighted by atomic mass is 10.2. The number of hydrogen-bond donors (Lipinski definition) is 1. The van der Waals surface area contributed by atoms with E-state index >= 15 is 0 Å². The van der Waals surface area contributed by atoms with Gasteiger partial charge in [0.1, 0.15) is 12.0 Å². The second-order valence-corrected chi connectivity index (χ2v) is 3.52. The number of hydrogen-bond acceptors (Lipinski definition) is 4. The van der Waals surface area contributed by atoms with Crippen molar-refractivity contribution >= 4 is 5.91 Å². The van der Waals surface area contributed by atoms with Crippen LogP contribution in [-0.2, 0) is 6.54 Å². The Balaban J connectivity index is 2.02. The van der Waals surface area contributed by atoms with Gasteiger partial charge in [0.05, 0.1) is 13.7 Å². The van der Waals surface area contributed by atoms with Crippen LogP contribution in [0.25, 0.3) is 0 Å². The maximum absolute atomic E-state index is 13.4. The summed E-state index contributed by atoms with van der Waals surface area (Å²) < 4.78 is 22.8. The summed E-state index contributed by atoms with van der Waals surface area (Å²) in [6.45, 7) is 0.225. The standard InChI is InChI=1S/C12H11FN2O3/c1-17-11-3-2-8(6-10(11)13)12(16)14-7-9-4-5-18-15-9/h2-6H,7H2,1H3,(H,14,16). The van der Waals surface area contributed by atoms with Gasteiger partial charge >= 0.3 is 0 Å². The highest BCUT2D eigenvalue weighted by Gasteiger charge is 2.10. The van der Waals surface area contributed by atoms with Crippen molar-refractivity contribution in [1.29, 1.82) is 0 Å². The molecule has 2 rings (SSSR count). The molecule has 0 radical (unpaired) electrons. The molecule has 0 aliphatic carbocycles. The van der Waals surface area contributed by atoms with E-state index in [2.05, 4.69) is 15.0 Å². The van der Waals surface area contributed by atoms with Crippen LogP contribution < -0.4 is 10.1 Å². The van der Waals surface area contributed by atoms with Crippen molar-refractivity contribution in [2.24, 2.45) is 0 Å². The number of nitrogens with zero attached hydrogens (tertiary/aromatic N) is 1. The second kappa shape index (κ2) is 5.31. The summed E-state index contributed by atoms with van der Waals surface area (Å²) in [5.74, 6) is -0.866. The van der Waals surface area contributed by atoms with Gasteiger partial charge in [-0.2, -0.15) is 0 Å². The lowest BCUT2D eigenvalue weighted by molar-refractivity contribution is 0.0949. The molecule has 0 atom stereocenters. The molecule has 6 heteroatoms. The molecule has 0 aliphatic heterocycles. The molecule has 18 heavy (non-hydrogen) atoms. The molecule has 0 saturated carbocycles. The number of halogens is 1. The number of rotatable bonds is 4. The van der Waals surface area contributed by atoms with Crippen LogP contribution in [0.1, 0.15) is 16.1 Å². The van der Waals surface area contributed by atoms with Gasteiger partial charge in [-0.3, -0.25) is 4.79 Å². The van der Waals surface area contributed by atoms with Crippen LogP contribution in [0.4, 0.5) is 4.39 Å². The zero-order valence-corrected chi connectivity index (χ0v) is 9.64. The molecule has 1 N–H and O–H groups in total. The van der Waals surface area contributed by atoms with Gasteiger partial charge in [0, 0.05) is 11.6 Å². The fourth-order valence-corrected chi connectivity index (χ4v) is 1.41. The molecule has 94 valence electrons. The third kappa shape index (κ3) is 2.65. The molecule has 1 amide bonds. The van der Waals surface area contributed by atoms with Gasteiger partial charge in [0.2, 0.25) is 0 Å². The Morgan fingerprint density at radius 2 is 2.33 bits per heavy atom. The van der Waals surface area contributed by atoms with E-state index in [9.17, 15) is 9.18 Å². The Labute approximate surface area is 103 Å². The predicted octanol–water partition coefficient (Wildman–Crippen LogP) is 1.75. The van der Waals surface area contributed by atoms with Crippen LogP contribution in [0.2, 0.25) is 0 Å².